The number of likely N-dealkylation sites (tertiary alicyclic amines) is 1. The van der Waals surface area contributed by atoms with E-state index < -0.39 is 29.1 Å². The fourth-order valence-corrected chi connectivity index (χ4v) is 5.92. The topological polar surface area (TPSA) is 90.4 Å². The Bertz CT molecular complexity index is 841. The summed E-state index contributed by atoms with van der Waals surface area (Å²) in [5.41, 5.74) is -2.16. The van der Waals surface area contributed by atoms with Crippen LogP contribution in [0.2, 0.25) is 0 Å². The van der Waals surface area contributed by atoms with Crippen LogP contribution in [0.4, 0.5) is 0 Å². The fourth-order valence-electron chi connectivity index (χ4n) is 5.92. The molecule has 4 aliphatic heterocycles. The number of aliphatic hydroxyl groups is 1. The average Bonchev–Trinajstić information content (AvgIpc) is 3.03. The normalized spacial score (nSPS) is 36.3. The van der Waals surface area contributed by atoms with Crippen LogP contribution < -0.4 is 0 Å². The van der Waals surface area contributed by atoms with Gasteiger partial charge in [0, 0.05) is 39.8 Å². The number of aliphatic hydroxyl groups excluding tert-OH is 1. The third-order valence-corrected chi connectivity index (χ3v) is 7.43. The molecule has 4 heterocycles. The molecule has 4 rings (SSSR count). The summed E-state index contributed by atoms with van der Waals surface area (Å²) in [7, 11) is 1.73. The molecule has 2 fully saturated rings. The fraction of sp³-hybridized carbons (Fsp3) is 0.708. The maximum Gasteiger partial charge on any atom is 0.249 e. The van der Waals surface area contributed by atoms with Gasteiger partial charge >= 0.3 is 0 Å². The van der Waals surface area contributed by atoms with Gasteiger partial charge in [0.05, 0.1) is 17.4 Å². The predicted molar refractivity (Wildman–Crippen MR) is 118 cm³/mol. The van der Waals surface area contributed by atoms with Gasteiger partial charge in [-0.1, -0.05) is 44.1 Å². The highest BCUT2D eigenvalue weighted by Crippen LogP contribution is 2.57. The van der Waals surface area contributed by atoms with Gasteiger partial charge in [-0.2, -0.15) is 0 Å². The Balaban J connectivity index is 1.78. The van der Waals surface area contributed by atoms with Crippen LogP contribution in [0, 0.1) is 11.8 Å². The molecule has 1 unspecified atom stereocenters. The lowest BCUT2D eigenvalue weighted by Crippen LogP contribution is -2.56. The van der Waals surface area contributed by atoms with Crippen LogP contribution in [-0.4, -0.2) is 94.6 Å². The highest BCUT2D eigenvalue weighted by molar-refractivity contribution is 6.00. The molecule has 176 valence electrons. The average molecular weight is 446 g/mol. The molecule has 8 heteroatoms. The lowest BCUT2D eigenvalue weighted by atomic mass is 9.74. The second-order valence-corrected chi connectivity index (χ2v) is 9.62. The number of unbranched alkanes of at least 4 members (excludes halogenated alkanes) is 2. The number of fused-ring (bicyclic) bond motifs is 2. The molecule has 5 atom stereocenters. The SMILES string of the molecule is CCCCCN1CC=C[C@]23O[C@@]4(C)C=CCN(C)C(=O)[C@H]4[C@H]2C(=O)N(CCCO)C3C1=O. The molecular formula is C24H35N3O5. The zero-order valence-electron chi connectivity index (χ0n) is 19.3. The van der Waals surface area contributed by atoms with Gasteiger partial charge in [-0.3, -0.25) is 14.4 Å². The number of likely N-dealkylation sites (N-methyl/N-ethyl adjacent to an activating group) is 1. The molecule has 8 nitrogen and oxygen atoms in total. The first-order chi connectivity index (χ1) is 15.3. The van der Waals surface area contributed by atoms with Crippen molar-refractivity contribution in [3.63, 3.8) is 0 Å². The number of amides is 3. The second kappa shape index (κ2) is 8.63. The van der Waals surface area contributed by atoms with Crippen LogP contribution in [0.3, 0.4) is 0 Å². The monoisotopic (exact) mass is 445 g/mol. The summed E-state index contributed by atoms with van der Waals surface area (Å²) in [6.45, 7) is 5.69. The summed E-state index contributed by atoms with van der Waals surface area (Å²) in [4.78, 5) is 46.0. The second-order valence-electron chi connectivity index (χ2n) is 9.62. The van der Waals surface area contributed by atoms with Crippen LogP contribution in [0.1, 0.15) is 39.5 Å². The number of rotatable bonds is 7. The van der Waals surface area contributed by atoms with Gasteiger partial charge in [-0.05, 0) is 19.8 Å². The summed E-state index contributed by atoms with van der Waals surface area (Å²) < 4.78 is 6.68. The third-order valence-electron chi connectivity index (χ3n) is 7.43. The molecule has 1 spiro atoms. The molecule has 3 amide bonds. The van der Waals surface area contributed by atoms with E-state index in [9.17, 15) is 19.5 Å². The number of ether oxygens (including phenoxy) is 1. The van der Waals surface area contributed by atoms with Crippen molar-refractivity contribution in [2.75, 3.05) is 39.8 Å². The molecule has 0 saturated carbocycles. The van der Waals surface area contributed by atoms with E-state index in [1.165, 1.54) is 0 Å². The molecule has 0 aromatic heterocycles. The van der Waals surface area contributed by atoms with Crippen molar-refractivity contribution >= 4 is 17.7 Å². The van der Waals surface area contributed by atoms with Crippen LogP contribution in [0.5, 0.6) is 0 Å². The van der Waals surface area contributed by atoms with E-state index in [1.807, 2.05) is 31.2 Å². The van der Waals surface area contributed by atoms with Crippen molar-refractivity contribution in [2.45, 2.75) is 56.8 Å². The van der Waals surface area contributed by atoms with Crippen LogP contribution in [0.15, 0.2) is 24.3 Å². The molecule has 0 aromatic rings. The van der Waals surface area contributed by atoms with Gasteiger partial charge in [-0.25, -0.2) is 0 Å². The smallest absolute Gasteiger partial charge is 0.249 e. The Morgan fingerprint density at radius 2 is 1.75 bits per heavy atom. The minimum absolute atomic E-state index is 0.0786. The molecule has 0 bridgehead atoms. The summed E-state index contributed by atoms with van der Waals surface area (Å²) in [6.07, 6.45) is 10.9. The van der Waals surface area contributed by atoms with Gasteiger partial charge < -0.3 is 24.5 Å². The van der Waals surface area contributed by atoms with Gasteiger partial charge in [0.15, 0.2) is 0 Å². The van der Waals surface area contributed by atoms with Crippen molar-refractivity contribution < 1.29 is 24.2 Å². The predicted octanol–water partition coefficient (Wildman–Crippen LogP) is 0.957. The number of hydrogen-bond acceptors (Lipinski definition) is 5. The van der Waals surface area contributed by atoms with Gasteiger partial charge in [0.2, 0.25) is 17.7 Å². The first-order valence-corrected chi connectivity index (χ1v) is 11.8. The molecule has 32 heavy (non-hydrogen) atoms. The Kier molecular flexibility index (Phi) is 6.20. The summed E-state index contributed by atoms with van der Waals surface area (Å²) in [5.74, 6) is -1.98. The standard InChI is InChI=1S/C24H35N3O5/c1-4-5-6-13-26-14-8-11-24-18(21(30)27(15-9-16-28)19(24)22(26)31)17-20(29)25(3)12-7-10-23(17,2)32-24/h7-8,10-11,17-19,28H,4-6,9,12-16H2,1-3H3/t17-,18+,19?,23+,24+/m1/s1. The largest absolute Gasteiger partial charge is 0.396 e. The van der Waals surface area contributed by atoms with E-state index in [2.05, 4.69) is 6.92 Å². The van der Waals surface area contributed by atoms with Crippen LogP contribution in [-0.2, 0) is 19.1 Å². The van der Waals surface area contributed by atoms with E-state index in [4.69, 9.17) is 4.74 Å². The number of hydrogen-bond donors (Lipinski definition) is 1. The highest BCUT2D eigenvalue weighted by atomic mass is 16.5. The van der Waals surface area contributed by atoms with Crippen molar-refractivity contribution in [3.8, 4) is 0 Å². The maximum absolute atomic E-state index is 13.8. The Hall–Kier alpha value is -2.19. The number of carbonyl (C=O) groups excluding carboxylic acids is 3. The van der Waals surface area contributed by atoms with Crippen molar-refractivity contribution in [2.24, 2.45) is 11.8 Å². The first-order valence-electron chi connectivity index (χ1n) is 11.8. The van der Waals surface area contributed by atoms with E-state index in [1.54, 1.807) is 21.7 Å². The molecule has 4 aliphatic rings. The molecule has 1 N–H and O–H groups in total. The first kappa shape index (κ1) is 23.0. The Labute approximate surface area is 189 Å². The van der Waals surface area contributed by atoms with Crippen LogP contribution >= 0.6 is 0 Å². The molecule has 0 aromatic carbocycles. The van der Waals surface area contributed by atoms with E-state index in [-0.39, 0.29) is 30.9 Å². The van der Waals surface area contributed by atoms with Crippen molar-refractivity contribution in [3.05, 3.63) is 24.3 Å². The number of carbonyl (C=O) groups is 3. The molecule has 0 aliphatic carbocycles. The zero-order valence-corrected chi connectivity index (χ0v) is 19.3. The van der Waals surface area contributed by atoms with E-state index in [0.29, 0.717) is 26.1 Å². The van der Waals surface area contributed by atoms with Gasteiger partial charge in [-0.15, -0.1) is 0 Å². The van der Waals surface area contributed by atoms with E-state index >= 15 is 0 Å². The minimum atomic E-state index is -1.19. The molecular weight excluding hydrogens is 410 g/mol. The summed E-state index contributed by atoms with van der Waals surface area (Å²) >= 11 is 0. The summed E-state index contributed by atoms with van der Waals surface area (Å²) in [6, 6.07) is -0.831. The lowest BCUT2D eigenvalue weighted by molar-refractivity contribution is -0.152. The lowest BCUT2D eigenvalue weighted by Gasteiger charge is -2.37. The maximum atomic E-state index is 13.8. The van der Waals surface area contributed by atoms with E-state index in [0.717, 1.165) is 19.3 Å². The number of nitrogens with zero attached hydrogens (tertiary/aromatic N) is 3. The van der Waals surface area contributed by atoms with Gasteiger partial charge in [0.25, 0.3) is 0 Å². The molecule has 2 saturated heterocycles. The zero-order chi connectivity index (χ0) is 23.1. The third kappa shape index (κ3) is 3.39. The Morgan fingerprint density at radius 3 is 2.47 bits per heavy atom. The van der Waals surface area contributed by atoms with Crippen molar-refractivity contribution in [1.82, 2.24) is 14.7 Å². The van der Waals surface area contributed by atoms with Gasteiger partial charge in [0.1, 0.15) is 11.6 Å². The highest BCUT2D eigenvalue weighted by Gasteiger charge is 2.74. The van der Waals surface area contributed by atoms with Crippen LogP contribution in [0.25, 0.3) is 0 Å². The quantitative estimate of drug-likeness (QED) is 0.466. The minimum Gasteiger partial charge on any atom is -0.396 e. The Morgan fingerprint density at radius 1 is 1.00 bits per heavy atom. The molecule has 0 radical (unpaired) electrons. The van der Waals surface area contributed by atoms with Crippen molar-refractivity contribution in [1.29, 1.82) is 0 Å². The summed E-state index contributed by atoms with van der Waals surface area (Å²) in [5, 5.41) is 9.42.